The second kappa shape index (κ2) is 9.25. The van der Waals surface area contributed by atoms with Gasteiger partial charge in [-0.3, -0.25) is 4.90 Å². The fourth-order valence-electron chi connectivity index (χ4n) is 2.53. The monoisotopic (exact) mass is 322 g/mol. The van der Waals surface area contributed by atoms with Gasteiger partial charge in [0.05, 0.1) is 0 Å². The summed E-state index contributed by atoms with van der Waals surface area (Å²) >= 11 is 0. The Kier molecular flexibility index (Phi) is 7.00. The molecule has 1 aromatic carbocycles. The summed E-state index contributed by atoms with van der Waals surface area (Å²) < 4.78 is 18.1. The lowest BCUT2D eigenvalue weighted by Gasteiger charge is -2.34. The number of hydrogen-bond donors (Lipinski definition) is 0. The number of ether oxygens (including phenoxy) is 1. The van der Waals surface area contributed by atoms with Gasteiger partial charge in [0.25, 0.3) is 0 Å². The van der Waals surface area contributed by atoms with Gasteiger partial charge in [-0.15, -0.1) is 0 Å². The first-order valence-corrected chi connectivity index (χ1v) is 8.01. The number of aldehydes is 1. The van der Waals surface area contributed by atoms with E-state index in [1.807, 2.05) is 0 Å². The molecule has 1 heterocycles. The molecule has 2 rings (SSSR count). The summed E-state index contributed by atoms with van der Waals surface area (Å²) in [4.78, 5) is 26.3. The number of amides is 1. The first kappa shape index (κ1) is 17.4. The lowest BCUT2D eigenvalue weighted by Crippen LogP contribution is -2.48. The molecule has 23 heavy (non-hydrogen) atoms. The Hall–Kier alpha value is -1.95. The number of benzene rings is 1. The van der Waals surface area contributed by atoms with E-state index < -0.39 is 0 Å². The second-order valence-electron chi connectivity index (χ2n) is 5.67. The molecule has 0 radical (unpaired) electrons. The zero-order valence-electron chi connectivity index (χ0n) is 13.2. The molecule has 126 valence electrons. The van der Waals surface area contributed by atoms with Crippen molar-refractivity contribution in [1.82, 2.24) is 9.80 Å². The summed E-state index contributed by atoms with van der Waals surface area (Å²) in [5.74, 6) is -0.302. The number of piperazine rings is 1. The van der Waals surface area contributed by atoms with E-state index in [0.29, 0.717) is 19.5 Å². The Morgan fingerprint density at radius 2 is 1.83 bits per heavy atom. The molecule has 0 aromatic heterocycles. The number of nitrogens with zero attached hydrogens (tertiary/aromatic N) is 2. The van der Waals surface area contributed by atoms with Crippen LogP contribution in [-0.4, -0.2) is 54.9 Å². The van der Waals surface area contributed by atoms with Crippen molar-refractivity contribution in [2.24, 2.45) is 0 Å². The molecule has 0 unspecified atom stereocenters. The van der Waals surface area contributed by atoms with Gasteiger partial charge in [0.15, 0.2) is 0 Å². The van der Waals surface area contributed by atoms with Crippen molar-refractivity contribution in [2.45, 2.75) is 25.9 Å². The van der Waals surface area contributed by atoms with Gasteiger partial charge in [0.2, 0.25) is 0 Å². The highest BCUT2D eigenvalue weighted by atomic mass is 19.1. The van der Waals surface area contributed by atoms with E-state index in [1.54, 1.807) is 17.0 Å². The first-order chi connectivity index (χ1) is 11.2. The van der Waals surface area contributed by atoms with Crippen LogP contribution < -0.4 is 0 Å². The molecule has 0 aliphatic carbocycles. The molecule has 0 N–H and O–H groups in total. The van der Waals surface area contributed by atoms with Crippen LogP contribution in [-0.2, 0) is 16.1 Å². The normalized spacial score (nSPS) is 15.4. The first-order valence-electron chi connectivity index (χ1n) is 8.01. The molecule has 0 bridgehead atoms. The summed E-state index contributed by atoms with van der Waals surface area (Å²) in [5.41, 5.74) is 0.772. The fourth-order valence-corrected chi connectivity index (χ4v) is 2.53. The van der Waals surface area contributed by atoms with Crippen LogP contribution in [0, 0.1) is 5.82 Å². The standard InChI is InChI=1S/C17H23FN2O3/c18-16-6-4-15(5-7-16)14-23-17(22)20-11-9-19(10-12-20)8-2-1-3-13-21/h4-7,13H,1-3,8-12,14H2. The summed E-state index contributed by atoms with van der Waals surface area (Å²) in [7, 11) is 0. The van der Waals surface area contributed by atoms with E-state index in [9.17, 15) is 14.0 Å². The summed E-state index contributed by atoms with van der Waals surface area (Å²) in [5, 5.41) is 0. The van der Waals surface area contributed by atoms with Gasteiger partial charge < -0.3 is 14.4 Å². The minimum atomic E-state index is -0.324. The zero-order valence-corrected chi connectivity index (χ0v) is 13.2. The third kappa shape index (κ3) is 5.98. The van der Waals surface area contributed by atoms with E-state index in [2.05, 4.69) is 4.90 Å². The highest BCUT2D eigenvalue weighted by Gasteiger charge is 2.21. The molecular weight excluding hydrogens is 299 g/mol. The molecule has 1 aromatic rings. The molecule has 5 nitrogen and oxygen atoms in total. The molecule has 1 aliphatic rings. The van der Waals surface area contributed by atoms with Crippen LogP contribution in [0.1, 0.15) is 24.8 Å². The van der Waals surface area contributed by atoms with Crippen LogP contribution >= 0.6 is 0 Å². The molecule has 1 amide bonds. The van der Waals surface area contributed by atoms with Gasteiger partial charge >= 0.3 is 6.09 Å². The van der Waals surface area contributed by atoms with Crippen molar-refractivity contribution < 1.29 is 18.7 Å². The van der Waals surface area contributed by atoms with Crippen LogP contribution in [0.25, 0.3) is 0 Å². The lowest BCUT2D eigenvalue weighted by atomic mass is 10.2. The van der Waals surface area contributed by atoms with Crippen LogP contribution in [0.2, 0.25) is 0 Å². The molecule has 1 aliphatic heterocycles. The smallest absolute Gasteiger partial charge is 0.410 e. The minimum absolute atomic E-state index is 0.158. The van der Waals surface area contributed by atoms with Crippen LogP contribution in [0.4, 0.5) is 9.18 Å². The summed E-state index contributed by atoms with van der Waals surface area (Å²) in [6.07, 6.45) is 3.18. The van der Waals surface area contributed by atoms with Gasteiger partial charge in [0, 0.05) is 32.6 Å². The Morgan fingerprint density at radius 1 is 1.13 bits per heavy atom. The molecule has 0 atom stereocenters. The van der Waals surface area contributed by atoms with Crippen molar-refractivity contribution in [1.29, 1.82) is 0 Å². The molecule has 1 fully saturated rings. The zero-order chi connectivity index (χ0) is 16.5. The predicted octanol–water partition coefficient (Wildman–Crippen LogP) is 2.45. The number of rotatable bonds is 7. The summed E-state index contributed by atoms with van der Waals surface area (Å²) in [6.45, 7) is 4.07. The topological polar surface area (TPSA) is 49.9 Å². The Morgan fingerprint density at radius 3 is 2.48 bits per heavy atom. The van der Waals surface area contributed by atoms with Gasteiger partial charge in [-0.1, -0.05) is 12.1 Å². The number of halogens is 1. The van der Waals surface area contributed by atoms with Gasteiger partial charge in [0.1, 0.15) is 18.7 Å². The number of unbranched alkanes of at least 4 members (excludes halogenated alkanes) is 2. The molecular formula is C17H23FN2O3. The number of carbonyl (C=O) groups is 2. The number of hydrogen-bond acceptors (Lipinski definition) is 4. The second-order valence-corrected chi connectivity index (χ2v) is 5.67. The van der Waals surface area contributed by atoms with Crippen molar-refractivity contribution in [2.75, 3.05) is 32.7 Å². The highest BCUT2D eigenvalue weighted by Crippen LogP contribution is 2.09. The highest BCUT2D eigenvalue weighted by molar-refractivity contribution is 5.67. The number of carbonyl (C=O) groups excluding carboxylic acids is 2. The van der Waals surface area contributed by atoms with E-state index in [-0.39, 0.29) is 18.5 Å². The Bertz CT molecular complexity index is 499. The maximum atomic E-state index is 12.8. The van der Waals surface area contributed by atoms with Crippen LogP contribution in [0.5, 0.6) is 0 Å². The minimum Gasteiger partial charge on any atom is -0.445 e. The van der Waals surface area contributed by atoms with Crippen molar-refractivity contribution >= 4 is 12.4 Å². The molecule has 0 saturated carbocycles. The van der Waals surface area contributed by atoms with E-state index in [0.717, 1.165) is 44.3 Å². The predicted molar refractivity (Wildman–Crippen MR) is 84.5 cm³/mol. The fraction of sp³-hybridized carbons (Fsp3) is 0.529. The van der Waals surface area contributed by atoms with Crippen LogP contribution in [0.15, 0.2) is 24.3 Å². The maximum absolute atomic E-state index is 12.8. The molecule has 6 heteroatoms. The average Bonchev–Trinajstić information content (AvgIpc) is 2.58. The van der Waals surface area contributed by atoms with Gasteiger partial charge in [-0.2, -0.15) is 0 Å². The van der Waals surface area contributed by atoms with Gasteiger partial charge in [-0.25, -0.2) is 9.18 Å². The Balaban J connectivity index is 1.65. The van der Waals surface area contributed by atoms with E-state index >= 15 is 0 Å². The maximum Gasteiger partial charge on any atom is 0.410 e. The molecule has 1 saturated heterocycles. The Labute approximate surface area is 136 Å². The quantitative estimate of drug-likeness (QED) is 0.571. The SMILES string of the molecule is O=CCCCCN1CCN(C(=O)OCc2ccc(F)cc2)CC1. The average molecular weight is 322 g/mol. The van der Waals surface area contributed by atoms with Gasteiger partial charge in [-0.05, 0) is 37.1 Å². The van der Waals surface area contributed by atoms with Crippen molar-refractivity contribution in [3.8, 4) is 0 Å². The largest absolute Gasteiger partial charge is 0.445 e. The van der Waals surface area contributed by atoms with Crippen molar-refractivity contribution in [3.05, 3.63) is 35.6 Å². The third-order valence-electron chi connectivity index (χ3n) is 3.95. The lowest BCUT2D eigenvalue weighted by molar-refractivity contribution is -0.107. The van der Waals surface area contributed by atoms with Crippen LogP contribution in [0.3, 0.4) is 0 Å². The third-order valence-corrected chi connectivity index (χ3v) is 3.95. The molecule has 0 spiro atoms. The van der Waals surface area contributed by atoms with E-state index in [4.69, 9.17) is 4.74 Å². The summed E-state index contributed by atoms with van der Waals surface area (Å²) in [6, 6.07) is 5.93. The van der Waals surface area contributed by atoms with E-state index in [1.165, 1.54) is 12.1 Å². The van der Waals surface area contributed by atoms with Crippen molar-refractivity contribution in [3.63, 3.8) is 0 Å².